The summed E-state index contributed by atoms with van der Waals surface area (Å²) in [6, 6.07) is 5.23. The van der Waals surface area contributed by atoms with Crippen LogP contribution in [-0.2, 0) is 4.79 Å². The Labute approximate surface area is 138 Å². The number of hydrogen-bond donors (Lipinski definition) is 2. The molecule has 11 heteroatoms. The smallest absolute Gasteiger partial charge is 0.326 e. The minimum Gasteiger partial charge on any atom is -0.326 e. The lowest BCUT2D eigenvalue weighted by Gasteiger charge is -2.30. The summed E-state index contributed by atoms with van der Waals surface area (Å²) in [5, 5.41) is 23.1. The van der Waals surface area contributed by atoms with Crippen molar-refractivity contribution in [1.29, 1.82) is 5.26 Å². The molecule has 1 aromatic carbocycles. The molecule has 2 rings (SSSR count). The van der Waals surface area contributed by atoms with Gasteiger partial charge in [0.05, 0.1) is 16.6 Å². The topological polar surface area (TPSA) is 125 Å². The Balaban J connectivity index is 2.52. The summed E-state index contributed by atoms with van der Waals surface area (Å²) in [5.41, 5.74) is -5.88. The van der Waals surface area contributed by atoms with Crippen LogP contribution in [0, 0.1) is 21.4 Å². The summed E-state index contributed by atoms with van der Waals surface area (Å²) in [7, 11) is 0. The van der Waals surface area contributed by atoms with Gasteiger partial charge in [-0.05, 0) is 13.0 Å². The highest BCUT2D eigenvalue weighted by atomic mass is 19.4. The largest absolute Gasteiger partial charge is 0.425 e. The predicted octanol–water partition coefficient (Wildman–Crippen LogP) is 1.55. The maximum absolute atomic E-state index is 13.6. The number of halogens is 3. The summed E-state index contributed by atoms with van der Waals surface area (Å²) >= 11 is 0. The zero-order valence-electron chi connectivity index (χ0n) is 12.5. The Morgan fingerprint density at radius 1 is 1.44 bits per heavy atom. The molecule has 0 saturated heterocycles. The third-order valence-electron chi connectivity index (χ3n) is 3.55. The van der Waals surface area contributed by atoms with E-state index in [1.54, 1.807) is 0 Å². The fraction of sp³-hybridized carbons (Fsp3) is 0.214. The summed E-state index contributed by atoms with van der Waals surface area (Å²) in [4.78, 5) is 34.0. The number of hydrogen-bond acceptors (Lipinski definition) is 5. The van der Waals surface area contributed by atoms with Crippen LogP contribution in [0.1, 0.15) is 17.3 Å². The number of amides is 2. The number of nitro benzene ring substituents is 1. The van der Waals surface area contributed by atoms with E-state index in [-0.39, 0.29) is 5.70 Å². The van der Waals surface area contributed by atoms with Gasteiger partial charge in [-0.25, -0.2) is 0 Å². The van der Waals surface area contributed by atoms with Crippen molar-refractivity contribution < 1.29 is 27.7 Å². The van der Waals surface area contributed by atoms with Gasteiger partial charge in [-0.3, -0.25) is 19.7 Å². The van der Waals surface area contributed by atoms with Gasteiger partial charge in [0.1, 0.15) is 0 Å². The van der Waals surface area contributed by atoms with Gasteiger partial charge in [0.25, 0.3) is 23.0 Å². The highest BCUT2D eigenvalue weighted by molar-refractivity contribution is 6.04. The number of nitrogens with one attached hydrogen (secondary N) is 2. The molecule has 0 radical (unpaired) electrons. The van der Waals surface area contributed by atoms with E-state index >= 15 is 0 Å². The third kappa shape index (κ3) is 2.78. The van der Waals surface area contributed by atoms with Crippen LogP contribution >= 0.6 is 0 Å². The lowest BCUT2D eigenvalue weighted by molar-refractivity contribution is -0.384. The number of alkyl halides is 3. The molecule has 130 valence electrons. The average molecular weight is 354 g/mol. The monoisotopic (exact) mass is 354 g/mol. The average Bonchev–Trinajstić information content (AvgIpc) is 2.77. The van der Waals surface area contributed by atoms with E-state index in [1.165, 1.54) is 11.4 Å². The van der Waals surface area contributed by atoms with E-state index in [2.05, 4.69) is 0 Å². The maximum atomic E-state index is 13.6. The highest BCUT2D eigenvalue weighted by Crippen LogP contribution is 2.40. The number of nitriles is 1. The van der Waals surface area contributed by atoms with Crippen molar-refractivity contribution in [2.24, 2.45) is 0 Å². The molecule has 0 bridgehead atoms. The first-order valence-electron chi connectivity index (χ1n) is 6.61. The van der Waals surface area contributed by atoms with Crippen molar-refractivity contribution in [3.63, 3.8) is 0 Å². The molecule has 0 aliphatic carbocycles. The molecule has 2 amide bonds. The molecular formula is C14H9F3N4O4. The quantitative estimate of drug-likeness (QED) is 0.629. The summed E-state index contributed by atoms with van der Waals surface area (Å²) in [6.07, 6.45) is -5.31. The highest BCUT2D eigenvalue weighted by Gasteiger charge is 2.67. The van der Waals surface area contributed by atoms with E-state index in [0.29, 0.717) is 0 Å². The first-order valence-corrected chi connectivity index (χ1v) is 6.61. The fourth-order valence-corrected chi connectivity index (χ4v) is 2.35. The molecule has 0 fully saturated rings. The van der Waals surface area contributed by atoms with E-state index in [4.69, 9.17) is 5.26 Å². The van der Waals surface area contributed by atoms with Gasteiger partial charge in [-0.2, -0.15) is 18.4 Å². The van der Waals surface area contributed by atoms with Gasteiger partial charge < -0.3 is 10.6 Å². The maximum Gasteiger partial charge on any atom is 0.425 e. The predicted molar refractivity (Wildman–Crippen MR) is 75.8 cm³/mol. The van der Waals surface area contributed by atoms with Crippen LogP contribution in [0.15, 0.2) is 35.5 Å². The second-order valence-electron chi connectivity index (χ2n) is 5.08. The number of nitro groups is 1. The zero-order chi connectivity index (χ0) is 19.0. The lowest BCUT2D eigenvalue weighted by Crippen LogP contribution is -2.64. The number of rotatable bonds is 3. The first kappa shape index (κ1) is 17.9. The molecule has 0 aromatic heterocycles. The van der Waals surface area contributed by atoms with Crippen molar-refractivity contribution in [3.05, 3.63) is 51.2 Å². The van der Waals surface area contributed by atoms with Gasteiger partial charge in [-0.1, -0.05) is 6.07 Å². The van der Waals surface area contributed by atoms with Gasteiger partial charge in [0.15, 0.2) is 0 Å². The van der Waals surface area contributed by atoms with Crippen molar-refractivity contribution >= 4 is 17.5 Å². The van der Waals surface area contributed by atoms with Crippen molar-refractivity contribution in [2.45, 2.75) is 18.6 Å². The number of non-ortho nitro benzene ring substituents is 1. The number of nitrogens with zero attached hydrogens (tertiary/aromatic N) is 2. The molecule has 2 N–H and O–H groups in total. The van der Waals surface area contributed by atoms with Gasteiger partial charge in [0.2, 0.25) is 0 Å². The zero-order valence-corrected chi connectivity index (χ0v) is 12.5. The molecule has 0 saturated carbocycles. The van der Waals surface area contributed by atoms with E-state index < -0.39 is 45.3 Å². The molecule has 1 atom stereocenters. The third-order valence-corrected chi connectivity index (χ3v) is 3.55. The number of allylic oxidation sites excluding steroid dienone is 1. The number of carbonyl (C=O) groups excluding carboxylic acids is 2. The molecule has 1 aromatic rings. The van der Waals surface area contributed by atoms with Crippen molar-refractivity contribution in [2.75, 3.05) is 0 Å². The van der Waals surface area contributed by atoms with Crippen LogP contribution in [-0.4, -0.2) is 28.5 Å². The molecule has 1 aliphatic rings. The Kier molecular flexibility index (Phi) is 4.23. The molecular weight excluding hydrogens is 345 g/mol. The number of benzene rings is 1. The normalized spacial score (nSPS) is 20.0. The number of carbonyl (C=O) groups is 2. The molecule has 8 nitrogen and oxygen atoms in total. The van der Waals surface area contributed by atoms with E-state index in [0.717, 1.165) is 31.2 Å². The molecule has 1 aliphatic heterocycles. The Morgan fingerprint density at radius 2 is 2.08 bits per heavy atom. The Hall–Kier alpha value is -3.42. The molecule has 0 spiro atoms. The van der Waals surface area contributed by atoms with Crippen LogP contribution < -0.4 is 10.6 Å². The van der Waals surface area contributed by atoms with E-state index in [9.17, 15) is 32.9 Å². The fourth-order valence-electron chi connectivity index (χ4n) is 2.35. The van der Waals surface area contributed by atoms with Crippen LogP contribution in [0.4, 0.5) is 18.9 Å². The Morgan fingerprint density at radius 3 is 2.60 bits per heavy atom. The minimum absolute atomic E-state index is 0.343. The standard InChI is InChI=1S/C14H9F3N4O4/c1-7-10(6-18)13(12(23)19-7,14(15,16)17)20-11(22)8-3-2-4-9(5-8)21(24)25/h2-5H,1H3,(H,19,23)(H,20,22)/t13-/m0/s1. The first-order chi connectivity index (χ1) is 11.5. The van der Waals surface area contributed by atoms with E-state index in [1.807, 2.05) is 5.32 Å². The molecule has 1 heterocycles. The summed E-state index contributed by atoms with van der Waals surface area (Å²) < 4.78 is 40.8. The molecule has 25 heavy (non-hydrogen) atoms. The van der Waals surface area contributed by atoms with Crippen LogP contribution in [0.3, 0.4) is 0 Å². The molecule has 0 unspecified atom stereocenters. The van der Waals surface area contributed by atoms with Crippen molar-refractivity contribution in [3.8, 4) is 6.07 Å². The van der Waals surface area contributed by atoms with Crippen LogP contribution in [0.5, 0.6) is 0 Å². The summed E-state index contributed by atoms with van der Waals surface area (Å²) in [5.74, 6) is -3.02. The summed E-state index contributed by atoms with van der Waals surface area (Å²) in [6.45, 7) is 1.09. The van der Waals surface area contributed by atoms with Gasteiger partial charge >= 0.3 is 6.18 Å². The second-order valence-corrected chi connectivity index (χ2v) is 5.08. The van der Waals surface area contributed by atoms with Crippen LogP contribution in [0.25, 0.3) is 0 Å². The lowest BCUT2D eigenvalue weighted by atomic mass is 9.89. The SMILES string of the molecule is CC1=C(C#N)[C@@](NC(=O)c2cccc([N+](=O)[O-])c2)(C(F)(F)F)C(=O)N1. The van der Waals surface area contributed by atoms with Crippen LogP contribution in [0.2, 0.25) is 0 Å². The Bertz CT molecular complexity index is 856. The second kappa shape index (κ2) is 5.90. The van der Waals surface area contributed by atoms with Crippen molar-refractivity contribution in [1.82, 2.24) is 10.6 Å². The van der Waals surface area contributed by atoms with Gasteiger partial charge in [0, 0.05) is 23.4 Å². The van der Waals surface area contributed by atoms with Gasteiger partial charge in [-0.15, -0.1) is 0 Å². The minimum atomic E-state index is -5.31.